The fraction of sp³-hybridized carbons (Fsp3) is 0.182. The van der Waals surface area contributed by atoms with Crippen molar-refractivity contribution in [3.8, 4) is 0 Å². The largest absolute Gasteiger partial charge is 0.369 e. The van der Waals surface area contributed by atoms with Crippen molar-refractivity contribution >= 4 is 51.4 Å². The molecule has 0 unspecified atom stereocenters. The molecule has 2 amide bonds. The molecule has 10 nitrogen and oxygen atoms in total. The summed E-state index contributed by atoms with van der Waals surface area (Å²) in [6.07, 6.45) is 4.72. The van der Waals surface area contributed by atoms with Crippen LogP contribution in [0.5, 0.6) is 0 Å². The number of aryl methyl sites for hydroxylation is 1. The lowest BCUT2D eigenvalue weighted by atomic mass is 10.1. The number of piperazine rings is 1. The summed E-state index contributed by atoms with van der Waals surface area (Å²) < 4.78 is 0. The van der Waals surface area contributed by atoms with Crippen LogP contribution in [-0.4, -0.2) is 64.9 Å². The number of hydrogen-bond donors (Lipinski definition) is 3. The lowest BCUT2D eigenvalue weighted by Crippen LogP contribution is -2.44. The third-order valence-corrected chi connectivity index (χ3v) is 7.54. The SMILES string of the molecule is Cc1ccc(NC(=O)c2ccnc3ccccc23)cc1C(=O)Nc1cnc(Nc2ccc(N3CCN(C)CC3)cc2)nc1. The summed E-state index contributed by atoms with van der Waals surface area (Å²) in [5.41, 5.74) is 5.49. The van der Waals surface area contributed by atoms with Gasteiger partial charge in [0.2, 0.25) is 5.95 Å². The van der Waals surface area contributed by atoms with E-state index in [2.05, 4.69) is 59.9 Å². The molecule has 3 heterocycles. The maximum Gasteiger partial charge on any atom is 0.256 e. The molecule has 0 spiro atoms. The Morgan fingerprint density at radius 3 is 2.16 bits per heavy atom. The van der Waals surface area contributed by atoms with Crippen LogP contribution in [-0.2, 0) is 0 Å². The molecular weight excluding hydrogens is 540 g/mol. The molecule has 6 rings (SSSR count). The average molecular weight is 573 g/mol. The highest BCUT2D eigenvalue weighted by molar-refractivity contribution is 6.13. The molecule has 5 aromatic rings. The first-order valence-electron chi connectivity index (χ1n) is 14.1. The van der Waals surface area contributed by atoms with Gasteiger partial charge >= 0.3 is 0 Å². The van der Waals surface area contributed by atoms with Crippen LogP contribution in [0.1, 0.15) is 26.3 Å². The van der Waals surface area contributed by atoms with Gasteiger partial charge in [-0.15, -0.1) is 0 Å². The lowest BCUT2D eigenvalue weighted by molar-refractivity contribution is 0.101. The number of rotatable bonds is 7. The Morgan fingerprint density at radius 1 is 0.721 bits per heavy atom. The molecular formula is C33H32N8O2. The number of aromatic nitrogens is 3. The van der Waals surface area contributed by atoms with Crippen molar-refractivity contribution in [3.63, 3.8) is 0 Å². The highest BCUT2D eigenvalue weighted by atomic mass is 16.2. The summed E-state index contributed by atoms with van der Waals surface area (Å²) in [6.45, 7) is 5.99. The predicted molar refractivity (Wildman–Crippen MR) is 170 cm³/mol. The monoisotopic (exact) mass is 572 g/mol. The van der Waals surface area contributed by atoms with Crippen molar-refractivity contribution in [2.75, 3.05) is 54.1 Å². The average Bonchev–Trinajstić information content (AvgIpc) is 3.03. The highest BCUT2D eigenvalue weighted by Gasteiger charge is 2.16. The van der Waals surface area contributed by atoms with Gasteiger partial charge in [0.15, 0.2) is 0 Å². The molecule has 1 fully saturated rings. The number of nitrogens with one attached hydrogen (secondary N) is 3. The van der Waals surface area contributed by atoms with Crippen LogP contribution in [0, 0.1) is 6.92 Å². The van der Waals surface area contributed by atoms with E-state index in [4.69, 9.17) is 0 Å². The molecule has 216 valence electrons. The zero-order valence-electron chi connectivity index (χ0n) is 24.0. The maximum atomic E-state index is 13.2. The van der Waals surface area contributed by atoms with Crippen molar-refractivity contribution in [2.24, 2.45) is 0 Å². The van der Waals surface area contributed by atoms with E-state index >= 15 is 0 Å². The van der Waals surface area contributed by atoms with E-state index in [1.54, 1.807) is 42.9 Å². The van der Waals surface area contributed by atoms with Crippen LogP contribution < -0.4 is 20.9 Å². The number of nitrogens with zero attached hydrogens (tertiary/aromatic N) is 5. The van der Waals surface area contributed by atoms with Gasteiger partial charge in [-0.3, -0.25) is 14.6 Å². The Hall–Kier alpha value is -5.35. The normalized spacial score (nSPS) is 13.5. The minimum atomic E-state index is -0.327. The first kappa shape index (κ1) is 27.8. The van der Waals surface area contributed by atoms with Crippen molar-refractivity contribution in [1.29, 1.82) is 0 Å². The highest BCUT2D eigenvalue weighted by Crippen LogP contribution is 2.23. The molecule has 0 radical (unpaired) electrons. The second-order valence-corrected chi connectivity index (χ2v) is 10.6. The summed E-state index contributed by atoms with van der Waals surface area (Å²) in [5.74, 6) is -0.180. The molecule has 2 aromatic heterocycles. The van der Waals surface area contributed by atoms with E-state index in [0.717, 1.165) is 48.3 Å². The standard InChI is InChI=1S/C33H32N8O2/c1-22-7-8-24(37-31(42)28-13-14-34-30-6-4-3-5-27(28)30)19-29(22)32(43)38-25-20-35-33(36-21-25)39-23-9-11-26(12-10-23)41-17-15-40(2)16-18-41/h3-14,19-21H,15-18H2,1-2H3,(H,37,42)(H,38,43)(H,35,36,39). The Balaban J connectivity index is 1.08. The molecule has 10 heteroatoms. The number of likely N-dealkylation sites (N-methyl/N-ethyl adjacent to an activating group) is 1. The third kappa shape index (κ3) is 6.44. The van der Waals surface area contributed by atoms with Gasteiger partial charge in [0, 0.05) is 60.4 Å². The molecule has 43 heavy (non-hydrogen) atoms. The summed E-state index contributed by atoms with van der Waals surface area (Å²) in [7, 11) is 2.15. The number of pyridine rings is 1. The van der Waals surface area contributed by atoms with Crippen molar-refractivity contribution in [3.05, 3.63) is 108 Å². The van der Waals surface area contributed by atoms with E-state index < -0.39 is 0 Å². The van der Waals surface area contributed by atoms with E-state index in [0.29, 0.717) is 28.5 Å². The number of para-hydroxylation sites is 1. The molecule has 0 bridgehead atoms. The van der Waals surface area contributed by atoms with Gasteiger partial charge in [0.1, 0.15) is 0 Å². The second kappa shape index (κ2) is 12.3. The van der Waals surface area contributed by atoms with E-state index in [1.807, 2.05) is 43.3 Å². The molecule has 3 aromatic carbocycles. The van der Waals surface area contributed by atoms with E-state index in [9.17, 15) is 9.59 Å². The van der Waals surface area contributed by atoms with Crippen LogP contribution in [0.4, 0.5) is 28.7 Å². The minimum Gasteiger partial charge on any atom is -0.369 e. The first-order valence-corrected chi connectivity index (χ1v) is 14.1. The number of amides is 2. The molecule has 0 saturated carbocycles. The van der Waals surface area contributed by atoms with Crippen molar-refractivity contribution in [1.82, 2.24) is 19.9 Å². The molecule has 1 aliphatic rings. The summed E-state index contributed by atoms with van der Waals surface area (Å²) >= 11 is 0. The van der Waals surface area contributed by atoms with Gasteiger partial charge in [0.05, 0.1) is 29.2 Å². The Bertz CT molecular complexity index is 1760. The van der Waals surface area contributed by atoms with Crippen molar-refractivity contribution in [2.45, 2.75) is 6.92 Å². The number of anilines is 5. The van der Waals surface area contributed by atoms with Gasteiger partial charge in [-0.2, -0.15) is 0 Å². The summed E-state index contributed by atoms with van der Waals surface area (Å²) in [4.78, 5) is 44.0. The molecule has 0 atom stereocenters. The number of benzene rings is 3. The lowest BCUT2D eigenvalue weighted by Gasteiger charge is -2.34. The van der Waals surface area contributed by atoms with Crippen LogP contribution in [0.25, 0.3) is 10.9 Å². The summed E-state index contributed by atoms with van der Waals surface area (Å²) in [5, 5.41) is 9.72. The molecule has 1 aliphatic heterocycles. The molecule has 1 saturated heterocycles. The smallest absolute Gasteiger partial charge is 0.256 e. The fourth-order valence-corrected chi connectivity index (χ4v) is 5.04. The Morgan fingerprint density at radius 2 is 1.40 bits per heavy atom. The maximum absolute atomic E-state index is 13.2. The minimum absolute atomic E-state index is 0.278. The fourth-order valence-electron chi connectivity index (χ4n) is 5.04. The topological polar surface area (TPSA) is 115 Å². The molecule has 3 N–H and O–H groups in total. The number of carbonyl (C=O) groups is 2. The van der Waals surface area contributed by atoms with Crippen molar-refractivity contribution < 1.29 is 9.59 Å². The molecule has 0 aliphatic carbocycles. The van der Waals surface area contributed by atoms with E-state index in [-0.39, 0.29) is 11.8 Å². The second-order valence-electron chi connectivity index (χ2n) is 10.6. The van der Waals surface area contributed by atoms with Gasteiger partial charge in [-0.05, 0) is 68.1 Å². The third-order valence-electron chi connectivity index (χ3n) is 7.54. The number of fused-ring (bicyclic) bond motifs is 1. The predicted octanol–water partition coefficient (Wildman–Crippen LogP) is 5.33. The zero-order valence-corrected chi connectivity index (χ0v) is 24.0. The van der Waals surface area contributed by atoms with Crippen LogP contribution in [0.15, 0.2) is 91.4 Å². The van der Waals surface area contributed by atoms with Gasteiger partial charge < -0.3 is 25.8 Å². The zero-order chi connectivity index (χ0) is 29.8. The number of hydrogen-bond acceptors (Lipinski definition) is 8. The summed E-state index contributed by atoms with van der Waals surface area (Å²) in [6, 6.07) is 22.6. The van der Waals surface area contributed by atoms with Gasteiger partial charge in [-0.25, -0.2) is 9.97 Å². The first-order chi connectivity index (χ1) is 20.9. The quantitative estimate of drug-likeness (QED) is 0.240. The van der Waals surface area contributed by atoms with Gasteiger partial charge in [0.25, 0.3) is 11.8 Å². The Kier molecular flexibility index (Phi) is 7.92. The van der Waals surface area contributed by atoms with Crippen LogP contribution >= 0.6 is 0 Å². The van der Waals surface area contributed by atoms with E-state index in [1.165, 1.54) is 5.69 Å². The van der Waals surface area contributed by atoms with Gasteiger partial charge in [-0.1, -0.05) is 24.3 Å². The number of carbonyl (C=O) groups excluding carboxylic acids is 2. The Labute approximate surface area is 249 Å². The van der Waals surface area contributed by atoms with Crippen LogP contribution in [0.3, 0.4) is 0 Å². The van der Waals surface area contributed by atoms with Crippen LogP contribution in [0.2, 0.25) is 0 Å².